The molecule has 0 aromatic heterocycles. The average molecular weight is 237 g/mol. The van der Waals surface area contributed by atoms with Crippen LogP contribution in [0.5, 0.6) is 0 Å². The fourth-order valence-corrected chi connectivity index (χ4v) is 1.72. The summed E-state index contributed by atoms with van der Waals surface area (Å²) in [6, 6.07) is 8.26. The van der Waals surface area contributed by atoms with E-state index >= 15 is 0 Å². The molecule has 0 heterocycles. The number of hydrogen-bond donors (Lipinski definition) is 2. The molecule has 0 radical (unpaired) electrons. The summed E-state index contributed by atoms with van der Waals surface area (Å²) in [6.07, 6.45) is 1.45. The van der Waals surface area contributed by atoms with Crippen LogP contribution in [0.4, 0.5) is 0 Å². The molecule has 2 N–H and O–H groups in total. The molecule has 0 bridgehead atoms. The van der Waals surface area contributed by atoms with Gasteiger partial charge in [0.2, 0.25) is 0 Å². The van der Waals surface area contributed by atoms with Crippen molar-refractivity contribution >= 4 is 0 Å². The molecule has 1 unspecified atom stereocenters. The highest BCUT2D eigenvalue weighted by Gasteiger charge is 2.02. The van der Waals surface area contributed by atoms with Gasteiger partial charge >= 0.3 is 0 Å². The molecule has 17 heavy (non-hydrogen) atoms. The molecule has 3 heteroatoms. The van der Waals surface area contributed by atoms with E-state index in [-0.39, 0.29) is 6.10 Å². The van der Waals surface area contributed by atoms with E-state index in [0.29, 0.717) is 6.61 Å². The largest absolute Gasteiger partial charge is 0.393 e. The Morgan fingerprint density at radius 2 is 2.00 bits per heavy atom. The van der Waals surface area contributed by atoms with Crippen molar-refractivity contribution in [3.63, 3.8) is 0 Å². The molecule has 1 rings (SSSR count). The van der Waals surface area contributed by atoms with Gasteiger partial charge in [0.05, 0.1) is 12.7 Å². The van der Waals surface area contributed by atoms with Crippen LogP contribution in [0.25, 0.3) is 0 Å². The van der Waals surface area contributed by atoms with Gasteiger partial charge in [0.15, 0.2) is 0 Å². The molecule has 0 spiro atoms. The smallest absolute Gasteiger partial charge is 0.0716 e. The summed E-state index contributed by atoms with van der Waals surface area (Å²) < 4.78 is 5.16. The highest BCUT2D eigenvalue weighted by Crippen LogP contribution is 2.09. The summed E-state index contributed by atoms with van der Waals surface area (Å²) in [5, 5.41) is 12.8. The third-order valence-electron chi connectivity index (χ3n) is 2.86. The minimum absolute atomic E-state index is 0.184. The van der Waals surface area contributed by atoms with Crippen LogP contribution in [0.1, 0.15) is 30.9 Å². The molecule has 3 nitrogen and oxygen atoms in total. The van der Waals surface area contributed by atoms with Gasteiger partial charge in [-0.3, -0.25) is 0 Å². The Hall–Kier alpha value is -0.900. The third kappa shape index (κ3) is 5.31. The lowest BCUT2D eigenvalue weighted by molar-refractivity contribution is 0.159. The Labute approximate surface area is 104 Å². The van der Waals surface area contributed by atoms with Gasteiger partial charge in [-0.1, -0.05) is 31.2 Å². The predicted octanol–water partition coefficient (Wildman–Crippen LogP) is 2.08. The number of methoxy groups -OCH3 is 1. The number of ether oxygens (including phenoxy) is 1. The Balaban J connectivity index is 2.35. The lowest BCUT2D eigenvalue weighted by Gasteiger charge is -2.11. The first kappa shape index (κ1) is 14.2. The monoisotopic (exact) mass is 237 g/mol. The molecular weight excluding hydrogens is 214 g/mol. The summed E-state index contributed by atoms with van der Waals surface area (Å²) in [5.74, 6) is 0. The highest BCUT2D eigenvalue weighted by molar-refractivity contribution is 5.26. The summed E-state index contributed by atoms with van der Waals surface area (Å²) in [6.45, 7) is 4.32. The minimum atomic E-state index is -0.184. The van der Waals surface area contributed by atoms with Gasteiger partial charge in [-0.2, -0.15) is 0 Å². The minimum Gasteiger partial charge on any atom is -0.393 e. The zero-order valence-corrected chi connectivity index (χ0v) is 10.8. The number of nitrogens with one attached hydrogen (secondary N) is 1. The first-order valence-electron chi connectivity index (χ1n) is 6.22. The van der Waals surface area contributed by atoms with Gasteiger partial charge in [0.25, 0.3) is 0 Å². The van der Waals surface area contributed by atoms with Crippen molar-refractivity contribution in [2.45, 2.75) is 39.0 Å². The molecule has 0 aliphatic rings. The standard InChI is InChI=1S/C14H23NO2/c1-3-14(16)8-9-15-10-12-6-4-5-7-13(12)11-17-2/h4-7,14-16H,3,8-11H2,1-2H3. The van der Waals surface area contributed by atoms with Crippen LogP contribution in [0, 0.1) is 0 Å². The third-order valence-corrected chi connectivity index (χ3v) is 2.86. The van der Waals surface area contributed by atoms with Crippen LogP contribution in [-0.2, 0) is 17.9 Å². The van der Waals surface area contributed by atoms with Gasteiger partial charge in [-0.15, -0.1) is 0 Å². The van der Waals surface area contributed by atoms with E-state index in [9.17, 15) is 5.11 Å². The number of hydrogen-bond acceptors (Lipinski definition) is 3. The molecule has 0 fully saturated rings. The number of rotatable bonds is 8. The Kier molecular flexibility index (Phi) is 6.86. The van der Waals surface area contributed by atoms with Gasteiger partial charge < -0.3 is 15.2 Å². The Bertz CT molecular complexity index is 315. The van der Waals surface area contributed by atoms with Gasteiger partial charge in [0.1, 0.15) is 0 Å². The highest BCUT2D eigenvalue weighted by atomic mass is 16.5. The van der Waals surface area contributed by atoms with E-state index in [0.717, 1.165) is 25.9 Å². The SMILES string of the molecule is CCC(O)CCNCc1ccccc1COC. The van der Waals surface area contributed by atoms with Crippen molar-refractivity contribution in [2.24, 2.45) is 0 Å². The molecular formula is C14H23NO2. The lowest BCUT2D eigenvalue weighted by atomic mass is 10.1. The second kappa shape index (κ2) is 8.23. The molecule has 0 saturated heterocycles. The maximum atomic E-state index is 9.43. The molecule has 0 aliphatic carbocycles. The van der Waals surface area contributed by atoms with E-state index < -0.39 is 0 Å². The number of aliphatic hydroxyl groups is 1. The van der Waals surface area contributed by atoms with E-state index in [2.05, 4.69) is 17.4 Å². The quantitative estimate of drug-likeness (QED) is 0.680. The van der Waals surface area contributed by atoms with Crippen molar-refractivity contribution in [1.82, 2.24) is 5.32 Å². The molecule has 1 atom stereocenters. The molecule has 96 valence electrons. The van der Waals surface area contributed by atoms with Crippen LogP contribution in [0.3, 0.4) is 0 Å². The summed E-state index contributed by atoms with van der Waals surface area (Å²) in [7, 11) is 1.71. The zero-order chi connectivity index (χ0) is 12.5. The van der Waals surface area contributed by atoms with Crippen LogP contribution in [0.2, 0.25) is 0 Å². The van der Waals surface area contributed by atoms with Gasteiger partial charge in [-0.05, 0) is 30.5 Å². The van der Waals surface area contributed by atoms with Crippen LogP contribution >= 0.6 is 0 Å². The summed E-state index contributed by atoms with van der Waals surface area (Å²) in [4.78, 5) is 0. The van der Waals surface area contributed by atoms with E-state index in [1.807, 2.05) is 19.1 Å². The van der Waals surface area contributed by atoms with Gasteiger partial charge in [-0.25, -0.2) is 0 Å². The van der Waals surface area contributed by atoms with Crippen molar-refractivity contribution in [3.05, 3.63) is 35.4 Å². The second-order valence-electron chi connectivity index (χ2n) is 4.23. The summed E-state index contributed by atoms with van der Waals surface area (Å²) in [5.41, 5.74) is 2.49. The normalized spacial score (nSPS) is 12.6. The van der Waals surface area contributed by atoms with Crippen molar-refractivity contribution in [2.75, 3.05) is 13.7 Å². The summed E-state index contributed by atoms with van der Waals surface area (Å²) >= 11 is 0. The molecule has 1 aromatic rings. The van der Waals surface area contributed by atoms with E-state index in [4.69, 9.17) is 4.74 Å². The molecule has 0 saturated carbocycles. The fourth-order valence-electron chi connectivity index (χ4n) is 1.72. The van der Waals surface area contributed by atoms with Crippen LogP contribution in [-0.4, -0.2) is 24.9 Å². The number of benzene rings is 1. The average Bonchev–Trinajstić information content (AvgIpc) is 2.36. The van der Waals surface area contributed by atoms with Gasteiger partial charge in [0, 0.05) is 13.7 Å². The van der Waals surface area contributed by atoms with Crippen molar-refractivity contribution < 1.29 is 9.84 Å². The van der Waals surface area contributed by atoms with Crippen LogP contribution in [0.15, 0.2) is 24.3 Å². The molecule has 1 aromatic carbocycles. The van der Waals surface area contributed by atoms with Crippen molar-refractivity contribution in [1.29, 1.82) is 0 Å². The molecule has 0 amide bonds. The van der Waals surface area contributed by atoms with Crippen LogP contribution < -0.4 is 5.32 Å². The first-order chi connectivity index (χ1) is 8.27. The second-order valence-corrected chi connectivity index (χ2v) is 4.23. The first-order valence-corrected chi connectivity index (χ1v) is 6.22. The Morgan fingerprint density at radius 1 is 1.29 bits per heavy atom. The lowest BCUT2D eigenvalue weighted by Crippen LogP contribution is -2.20. The Morgan fingerprint density at radius 3 is 2.65 bits per heavy atom. The maximum Gasteiger partial charge on any atom is 0.0716 e. The number of aliphatic hydroxyl groups excluding tert-OH is 1. The predicted molar refractivity (Wildman–Crippen MR) is 69.8 cm³/mol. The van der Waals surface area contributed by atoms with E-state index in [1.54, 1.807) is 7.11 Å². The molecule has 0 aliphatic heterocycles. The van der Waals surface area contributed by atoms with Crippen molar-refractivity contribution in [3.8, 4) is 0 Å². The zero-order valence-electron chi connectivity index (χ0n) is 10.8. The maximum absolute atomic E-state index is 9.43. The topological polar surface area (TPSA) is 41.5 Å². The fraction of sp³-hybridized carbons (Fsp3) is 0.571. The van der Waals surface area contributed by atoms with E-state index in [1.165, 1.54) is 11.1 Å².